The van der Waals surface area contributed by atoms with E-state index < -0.39 is 0 Å². The van der Waals surface area contributed by atoms with Crippen LogP contribution in [0.1, 0.15) is 0 Å². The highest BCUT2D eigenvalue weighted by molar-refractivity contribution is 8.87. The summed E-state index contributed by atoms with van der Waals surface area (Å²) in [5.74, 6) is 0. The molecule has 2 aromatic heterocycles. The highest BCUT2D eigenvalue weighted by Crippen LogP contribution is 2.36. The summed E-state index contributed by atoms with van der Waals surface area (Å²) in [5, 5.41) is 5.11. The molecule has 0 fully saturated rings. The van der Waals surface area contributed by atoms with Crippen LogP contribution >= 0.6 is 0 Å². The van der Waals surface area contributed by atoms with Gasteiger partial charge in [0.05, 0.1) is 11.0 Å². The van der Waals surface area contributed by atoms with Crippen LogP contribution in [0.4, 0.5) is 0 Å². The van der Waals surface area contributed by atoms with Crippen LogP contribution in [0.15, 0.2) is 91.0 Å². The van der Waals surface area contributed by atoms with Crippen molar-refractivity contribution in [2.24, 2.45) is 0 Å². The van der Waals surface area contributed by atoms with E-state index in [2.05, 4.69) is 101 Å². The lowest BCUT2D eigenvalue weighted by molar-refractivity contribution is 1.18. The summed E-state index contributed by atoms with van der Waals surface area (Å²) < 4.78 is 2.37. The van der Waals surface area contributed by atoms with Gasteiger partial charge in [0, 0.05) is 940 Å². The Kier molecular flexibility index (Phi) is 120. The van der Waals surface area contributed by atoms with Crippen molar-refractivity contribution in [2.75, 3.05) is 0 Å². The highest BCUT2D eigenvalue weighted by Gasteiger charge is 2.14. The molecule has 0 aliphatic rings. The summed E-state index contributed by atoms with van der Waals surface area (Å²) in [6, 6.07) is 32.4. The smallest absolute Gasteiger partial charge is 0.0548 e. The molecule has 4 aromatic carbocycles. The molecule has 0 aliphatic heterocycles. The number of rotatable bonds is 1. The molecule has 0 bridgehead atoms. The minimum Gasteiger partial charge on any atom is -0.354 e. The maximum Gasteiger partial charge on any atom is 0.0548 e. The van der Waals surface area contributed by atoms with E-state index in [1.54, 1.807) is 107 Å². The van der Waals surface area contributed by atoms with E-state index in [0.29, 0.717) is 0 Å². The standard InChI is InChI=1S/C24H16N2.S101/c1-2-8-16(9-3-1)26-23-13-7-5-11-18(23)20-14-22-19(15-24(20)26)17-10-4-6-12-21(17)25-22;1-3-5-7-9-11-13-15-17-19-21-23-25-27-29-31-33-35-37-39-41-43-45-47-49-51-53-55-57-59-61-63-65-67-69-71-73-75-77-79-81-83-85-87-89-91-93-95-97-99-101-100-98-96-94-92-90-88-86-84-82-80-78-76-74-72-70-68-66-64-62-60-58-56-54-52-50-48-46-44-42-40-38-36-34-32-30-28-26-24-22-20-18-16-14-12-10-8-6-4-2/h1-15,25H;. The van der Waals surface area contributed by atoms with E-state index in [-0.39, 0.29) is 0 Å². The zero-order chi connectivity index (χ0) is 89.1. The van der Waals surface area contributed by atoms with E-state index in [9.17, 15) is 0 Å². The van der Waals surface area contributed by atoms with Gasteiger partial charge in [-0.15, -0.1) is 0 Å². The van der Waals surface area contributed by atoms with Crippen LogP contribution in [0.2, 0.25) is 0 Å². The third-order valence-corrected chi connectivity index (χ3v) is 226. The van der Waals surface area contributed by atoms with Crippen LogP contribution in [0.5, 0.6) is 0 Å². The van der Waals surface area contributed by atoms with Gasteiger partial charge in [0.15, 0.2) is 0 Å². The van der Waals surface area contributed by atoms with Crippen LogP contribution in [0, 0.1) is 0 Å². The van der Waals surface area contributed by atoms with Gasteiger partial charge < -0.3 is 9.55 Å². The predicted molar refractivity (Wildman–Crippen MR) is 854 cm³/mol. The zero-order valence-corrected chi connectivity index (χ0v) is 138. The lowest BCUT2D eigenvalue weighted by Crippen LogP contribution is -1.92. The van der Waals surface area contributed by atoms with E-state index in [1.165, 1.54) is 67.1 Å². The van der Waals surface area contributed by atoms with Gasteiger partial charge in [0.25, 0.3) is 0 Å². The van der Waals surface area contributed by atoms with Gasteiger partial charge in [0.1, 0.15) is 0 Å². The first-order valence-corrected chi connectivity index (χ1v) is 159. The molecule has 0 spiro atoms. The first-order valence-electron chi connectivity index (χ1n) is 25.6. The van der Waals surface area contributed by atoms with Gasteiger partial charge in [-0.3, -0.25) is 0 Å². The molecule has 0 radical (unpaired) electrons. The lowest BCUT2D eigenvalue weighted by Gasteiger charge is -2.07. The summed E-state index contributed by atoms with van der Waals surface area (Å²) >= 11 is 9.66. The van der Waals surface area contributed by atoms with Gasteiger partial charge in [-0.05, 0) is 36.4 Å². The Morgan fingerprint density at radius 3 is 0.520 bits per heavy atom. The van der Waals surface area contributed by atoms with Crippen molar-refractivity contribution in [1.82, 2.24) is 9.55 Å². The largest absolute Gasteiger partial charge is 0.354 e. The number of aromatic amines is 1. The third kappa shape index (κ3) is 84.5. The Balaban J connectivity index is 0.000000907. The number of hydrogen-bond acceptors (Lipinski definition) is 2. The molecule has 1 N–H and O–H groups in total. The fraction of sp³-hybridized carbons (Fsp3) is 0. The highest BCUT2D eigenvalue weighted by atomic mass is 33.6. The van der Waals surface area contributed by atoms with Crippen molar-refractivity contribution >= 4 is 945 Å². The molecule has 0 atom stereocenters. The summed E-state index contributed by atoms with van der Waals surface area (Å²) in [7, 11) is 179. The zero-order valence-electron chi connectivity index (χ0n) is 55.3. The van der Waals surface area contributed by atoms with Gasteiger partial charge in [-0.1, -0.05) is 54.6 Å². The fourth-order valence-corrected chi connectivity index (χ4v) is 271. The van der Waals surface area contributed by atoms with Gasteiger partial charge in [-0.2, -0.15) is 0 Å². The average molecular weight is 3570 g/mol. The van der Waals surface area contributed by atoms with Crippen LogP contribution < -0.4 is 0 Å². The molecule has 0 saturated heterocycles. The number of para-hydroxylation sites is 3. The maximum absolute atomic E-state index is 4.83. The lowest BCUT2D eigenvalue weighted by atomic mass is 10.1. The van der Waals surface area contributed by atoms with Crippen molar-refractivity contribution in [2.45, 2.75) is 0 Å². The number of fused-ring (bicyclic) bond motifs is 6. The first-order chi connectivity index (χ1) is 63.3. The van der Waals surface area contributed by atoms with Gasteiger partial charge in [-0.25, -0.2) is 0 Å². The average Bonchev–Trinajstić information content (AvgIpc) is 1.57. The Labute approximate surface area is 1020 Å². The van der Waals surface area contributed by atoms with Crippen LogP contribution in [-0.2, 0) is 902 Å². The van der Waals surface area contributed by atoms with Crippen molar-refractivity contribution in [3.8, 4) is 5.69 Å². The van der Waals surface area contributed by atoms with Gasteiger partial charge >= 0.3 is 0 Å². The van der Waals surface area contributed by atoms with E-state index in [0.717, 1.165) is 0 Å². The molecule has 0 aliphatic carbocycles. The fourth-order valence-electron chi connectivity index (χ4n) is 5.27. The number of nitrogens with zero attached hydrogens (tertiary/aromatic N) is 1. The monoisotopic (exact) mass is 3560 g/mol. The van der Waals surface area contributed by atoms with Crippen molar-refractivity contribution < 1.29 is 0 Å². The summed E-state index contributed by atoms with van der Waals surface area (Å²) in [6.45, 7) is 0. The molecule has 6 aromatic rings. The second-order valence-corrected chi connectivity index (χ2v) is 189. The normalized spacial score (nSPS) is 8.69. The SMILES string of the molecule is S=S=S=S=S=S=S=S=S=S=S=S=S=S=S=S=S=S=S=S=S=S=S=S=S=S=S=S=S=S=S=S=S=S=S=S=S=S=S=S=S=S=S=S=S=S=S=S=S=S=S=S=S=S=S=S=S=S=S=S=S=S=S=S=S=S=S=S=S=S=S=S=S=S=S=S=S=S=S=S=S=S=S=S=S=S=S=S=S=S=S=S=S=S=S=S=S=S=S=S=S.c1ccc(-n2c3ccccc3c3cc4[nH]c5ccccc5c4cc32)cc1. The molecular weight excluding hydrogens is 3560 g/mol. The number of hydrogen-bond donors (Lipinski definition) is 1. The molecular formula is C24H16N2S101. The molecule has 103 heteroatoms. The van der Waals surface area contributed by atoms with Crippen molar-refractivity contribution in [3.05, 3.63) is 91.0 Å². The summed E-state index contributed by atoms with van der Waals surface area (Å²) in [6.07, 6.45) is 0. The topological polar surface area (TPSA) is 20.7 Å². The minimum absolute atomic E-state index is 1.19. The van der Waals surface area contributed by atoms with Crippen molar-refractivity contribution in [3.63, 3.8) is 0 Å². The summed E-state index contributed by atoms with van der Waals surface area (Å²) in [4.78, 5) is 3.57. The number of nitrogens with one attached hydrogen (secondary N) is 1. The number of aromatic nitrogens is 2. The molecule has 0 saturated carbocycles. The quantitative estimate of drug-likeness (QED) is 0.213. The third-order valence-electron chi connectivity index (χ3n) is 8.04. The van der Waals surface area contributed by atoms with Gasteiger partial charge in [0.2, 0.25) is 0 Å². The molecule has 728 valence electrons. The van der Waals surface area contributed by atoms with Crippen LogP contribution in [0.25, 0.3) is 49.3 Å². The first kappa shape index (κ1) is 136. The maximum atomic E-state index is 4.83. The Morgan fingerprint density at radius 1 is 0.142 bits per heavy atom. The molecule has 0 unspecified atom stereocenters. The molecule has 0 amide bonds. The predicted octanol–water partition coefficient (Wildman–Crippen LogP) is 6.18. The molecule has 2 nitrogen and oxygen atoms in total. The molecule has 6 rings (SSSR count). The second kappa shape index (κ2) is 112. The Bertz CT molecular complexity index is 9950. The second-order valence-electron chi connectivity index (χ2n) is 13.5. The van der Waals surface area contributed by atoms with Crippen molar-refractivity contribution in [1.29, 1.82) is 0 Å². The molecule has 2 heterocycles. The number of H-pyrrole nitrogens is 1. The Hall–Kier alpha value is 18.7. The minimum atomic E-state index is 1.19. The van der Waals surface area contributed by atoms with E-state index in [1.807, 2.05) is 755 Å². The van der Waals surface area contributed by atoms with E-state index in [4.69, 9.17) is 22.4 Å². The Morgan fingerprint density at radius 2 is 0.315 bits per heavy atom. The summed E-state index contributed by atoms with van der Waals surface area (Å²) in [5.41, 5.74) is 6.05. The van der Waals surface area contributed by atoms with Crippen LogP contribution in [0.3, 0.4) is 0 Å². The van der Waals surface area contributed by atoms with Crippen LogP contribution in [-0.4, -0.2) is 9.55 Å². The number of benzene rings is 4. The van der Waals surface area contributed by atoms with E-state index >= 15 is 0 Å². The molecule has 127 heavy (non-hydrogen) atoms.